The zero-order valence-electron chi connectivity index (χ0n) is 10.00. The van der Waals surface area contributed by atoms with Gasteiger partial charge in [0.25, 0.3) is 5.91 Å². The molecule has 1 unspecified atom stereocenters. The minimum Gasteiger partial charge on any atom is -0.398 e. The van der Waals surface area contributed by atoms with Gasteiger partial charge in [-0.05, 0) is 24.1 Å². The zero-order chi connectivity index (χ0) is 12.8. The van der Waals surface area contributed by atoms with Crippen molar-refractivity contribution in [3.63, 3.8) is 0 Å². The molecule has 0 saturated heterocycles. The lowest BCUT2D eigenvalue weighted by atomic mass is 10.1. The van der Waals surface area contributed by atoms with Gasteiger partial charge in [-0.2, -0.15) is 0 Å². The molecular formula is C12H17ClN2O2. The van der Waals surface area contributed by atoms with Crippen LogP contribution in [0, 0.1) is 5.92 Å². The number of nitrogen functional groups attached to an aromatic ring is 1. The van der Waals surface area contributed by atoms with Crippen molar-refractivity contribution in [1.29, 1.82) is 0 Å². The SMILES string of the molecule is COCC(C)CNC(=O)c1ccc(Cl)cc1N. The number of ether oxygens (including phenoxy) is 1. The van der Waals surface area contributed by atoms with E-state index >= 15 is 0 Å². The van der Waals surface area contributed by atoms with Gasteiger partial charge < -0.3 is 15.8 Å². The minimum absolute atomic E-state index is 0.192. The summed E-state index contributed by atoms with van der Waals surface area (Å²) in [6, 6.07) is 4.83. The highest BCUT2D eigenvalue weighted by Gasteiger charge is 2.11. The van der Waals surface area contributed by atoms with Gasteiger partial charge in [0.05, 0.1) is 12.2 Å². The van der Waals surface area contributed by atoms with Crippen LogP contribution >= 0.6 is 11.6 Å². The summed E-state index contributed by atoms with van der Waals surface area (Å²) >= 11 is 5.76. The molecule has 1 amide bonds. The molecule has 0 fully saturated rings. The fraction of sp³-hybridized carbons (Fsp3) is 0.417. The molecule has 4 nitrogen and oxygen atoms in total. The van der Waals surface area contributed by atoms with Crippen molar-refractivity contribution < 1.29 is 9.53 Å². The Balaban J connectivity index is 2.58. The number of halogens is 1. The van der Waals surface area contributed by atoms with Crippen LogP contribution in [0.25, 0.3) is 0 Å². The van der Waals surface area contributed by atoms with E-state index in [2.05, 4.69) is 5.32 Å². The molecule has 0 heterocycles. The van der Waals surface area contributed by atoms with Crippen molar-refractivity contribution >= 4 is 23.2 Å². The van der Waals surface area contributed by atoms with Gasteiger partial charge in [-0.25, -0.2) is 0 Å². The highest BCUT2D eigenvalue weighted by Crippen LogP contribution is 2.17. The Hall–Kier alpha value is -1.26. The van der Waals surface area contributed by atoms with E-state index in [4.69, 9.17) is 22.1 Å². The van der Waals surface area contributed by atoms with E-state index in [9.17, 15) is 4.79 Å². The molecule has 0 aliphatic heterocycles. The Morgan fingerprint density at radius 3 is 2.88 bits per heavy atom. The molecule has 0 aromatic heterocycles. The molecule has 0 aliphatic rings. The third-order valence-electron chi connectivity index (χ3n) is 2.32. The first-order valence-corrected chi connectivity index (χ1v) is 5.74. The molecule has 0 bridgehead atoms. The number of rotatable bonds is 5. The number of amides is 1. The van der Waals surface area contributed by atoms with Crippen LogP contribution in [0.5, 0.6) is 0 Å². The number of carbonyl (C=O) groups excluding carboxylic acids is 1. The van der Waals surface area contributed by atoms with E-state index in [0.29, 0.717) is 29.4 Å². The average Bonchev–Trinajstić information content (AvgIpc) is 2.26. The molecule has 0 spiro atoms. The quantitative estimate of drug-likeness (QED) is 0.792. The summed E-state index contributed by atoms with van der Waals surface area (Å²) in [6.07, 6.45) is 0. The summed E-state index contributed by atoms with van der Waals surface area (Å²) in [7, 11) is 1.63. The van der Waals surface area contributed by atoms with E-state index in [1.165, 1.54) is 0 Å². The Morgan fingerprint density at radius 1 is 1.59 bits per heavy atom. The lowest BCUT2D eigenvalue weighted by Gasteiger charge is -2.12. The van der Waals surface area contributed by atoms with Crippen LogP contribution < -0.4 is 11.1 Å². The Labute approximate surface area is 106 Å². The number of nitrogens with one attached hydrogen (secondary N) is 1. The van der Waals surface area contributed by atoms with E-state index in [1.54, 1.807) is 25.3 Å². The van der Waals surface area contributed by atoms with Crippen molar-refractivity contribution in [3.8, 4) is 0 Å². The van der Waals surface area contributed by atoms with Gasteiger partial charge in [0, 0.05) is 24.4 Å². The van der Waals surface area contributed by atoms with Crippen molar-refractivity contribution in [3.05, 3.63) is 28.8 Å². The third kappa shape index (κ3) is 4.24. The molecule has 17 heavy (non-hydrogen) atoms. The smallest absolute Gasteiger partial charge is 0.253 e. The highest BCUT2D eigenvalue weighted by atomic mass is 35.5. The van der Waals surface area contributed by atoms with Crippen LogP contribution in [0.3, 0.4) is 0 Å². The summed E-state index contributed by atoms with van der Waals surface area (Å²) in [4.78, 5) is 11.8. The lowest BCUT2D eigenvalue weighted by molar-refractivity contribution is 0.0935. The van der Waals surface area contributed by atoms with Crippen LogP contribution in [0.4, 0.5) is 5.69 Å². The standard InChI is InChI=1S/C12H17ClN2O2/c1-8(7-17-2)6-15-12(16)10-4-3-9(13)5-11(10)14/h3-5,8H,6-7,14H2,1-2H3,(H,15,16). The molecule has 0 aliphatic carbocycles. The predicted molar refractivity (Wildman–Crippen MR) is 69.2 cm³/mol. The van der Waals surface area contributed by atoms with Gasteiger partial charge in [0.1, 0.15) is 0 Å². The maximum Gasteiger partial charge on any atom is 0.253 e. The topological polar surface area (TPSA) is 64.3 Å². The second-order valence-electron chi connectivity index (χ2n) is 4.00. The second-order valence-corrected chi connectivity index (χ2v) is 4.44. The van der Waals surface area contributed by atoms with E-state index < -0.39 is 0 Å². The molecular weight excluding hydrogens is 240 g/mol. The van der Waals surface area contributed by atoms with Crippen LogP contribution in [0.2, 0.25) is 5.02 Å². The number of hydrogen-bond acceptors (Lipinski definition) is 3. The van der Waals surface area contributed by atoms with Crippen molar-refractivity contribution in [2.45, 2.75) is 6.92 Å². The van der Waals surface area contributed by atoms with Gasteiger partial charge >= 0.3 is 0 Å². The first-order chi connectivity index (χ1) is 8.04. The Kier molecular flexibility index (Phi) is 5.25. The van der Waals surface area contributed by atoms with Gasteiger partial charge in [-0.15, -0.1) is 0 Å². The molecule has 1 rings (SSSR count). The third-order valence-corrected chi connectivity index (χ3v) is 2.56. The zero-order valence-corrected chi connectivity index (χ0v) is 10.8. The highest BCUT2D eigenvalue weighted by molar-refractivity contribution is 6.31. The summed E-state index contributed by atoms with van der Waals surface area (Å²) in [5, 5.41) is 3.32. The Morgan fingerprint density at radius 2 is 2.29 bits per heavy atom. The fourth-order valence-corrected chi connectivity index (χ4v) is 1.63. The molecule has 0 radical (unpaired) electrons. The van der Waals surface area contributed by atoms with Crippen molar-refractivity contribution in [1.82, 2.24) is 5.32 Å². The largest absolute Gasteiger partial charge is 0.398 e. The van der Waals surface area contributed by atoms with Crippen molar-refractivity contribution in [2.75, 3.05) is 26.0 Å². The monoisotopic (exact) mass is 256 g/mol. The number of benzene rings is 1. The van der Waals surface area contributed by atoms with Gasteiger partial charge in [-0.3, -0.25) is 4.79 Å². The first-order valence-electron chi connectivity index (χ1n) is 5.36. The first kappa shape index (κ1) is 13.8. The molecule has 1 aromatic rings. The molecule has 0 saturated carbocycles. The number of carbonyl (C=O) groups is 1. The maximum atomic E-state index is 11.8. The minimum atomic E-state index is -0.192. The van der Waals surface area contributed by atoms with Crippen LogP contribution in [0.15, 0.2) is 18.2 Å². The maximum absolute atomic E-state index is 11.8. The normalized spacial score (nSPS) is 12.2. The summed E-state index contributed by atoms with van der Waals surface area (Å²) < 4.78 is 4.99. The molecule has 3 N–H and O–H groups in total. The van der Waals surface area contributed by atoms with E-state index in [-0.39, 0.29) is 11.8 Å². The van der Waals surface area contributed by atoms with Gasteiger partial charge in [0.15, 0.2) is 0 Å². The molecule has 94 valence electrons. The molecule has 5 heteroatoms. The van der Waals surface area contributed by atoms with Gasteiger partial charge in [0.2, 0.25) is 0 Å². The molecule has 1 aromatic carbocycles. The van der Waals surface area contributed by atoms with Crippen LogP contribution in [-0.4, -0.2) is 26.2 Å². The number of hydrogen-bond donors (Lipinski definition) is 2. The Bertz CT molecular complexity index is 396. The van der Waals surface area contributed by atoms with Crippen molar-refractivity contribution in [2.24, 2.45) is 5.92 Å². The average molecular weight is 257 g/mol. The number of anilines is 1. The summed E-state index contributed by atoms with van der Waals surface area (Å²) in [5.41, 5.74) is 6.54. The lowest BCUT2D eigenvalue weighted by Crippen LogP contribution is -2.30. The number of nitrogens with two attached hydrogens (primary N) is 1. The van der Waals surface area contributed by atoms with Gasteiger partial charge in [-0.1, -0.05) is 18.5 Å². The van der Waals surface area contributed by atoms with Crippen LogP contribution in [-0.2, 0) is 4.74 Å². The number of methoxy groups -OCH3 is 1. The van der Waals surface area contributed by atoms with E-state index in [0.717, 1.165) is 0 Å². The fourth-order valence-electron chi connectivity index (χ4n) is 1.45. The summed E-state index contributed by atoms with van der Waals surface area (Å²) in [6.45, 7) is 3.15. The second kappa shape index (κ2) is 6.47. The summed E-state index contributed by atoms with van der Waals surface area (Å²) in [5.74, 6) is 0.0691. The van der Waals surface area contributed by atoms with Crippen LogP contribution in [0.1, 0.15) is 17.3 Å². The molecule has 1 atom stereocenters. The predicted octanol–water partition coefficient (Wildman–Crippen LogP) is 1.93. The van der Waals surface area contributed by atoms with E-state index in [1.807, 2.05) is 6.92 Å².